The highest BCUT2D eigenvalue weighted by molar-refractivity contribution is 6.30. The molecule has 104 valence electrons. The van der Waals surface area contributed by atoms with Crippen LogP contribution < -0.4 is 5.32 Å². The van der Waals surface area contributed by atoms with Crippen LogP contribution in [0.5, 0.6) is 0 Å². The van der Waals surface area contributed by atoms with Crippen molar-refractivity contribution in [2.75, 3.05) is 0 Å². The summed E-state index contributed by atoms with van der Waals surface area (Å²) in [5.41, 5.74) is 0.536. The lowest BCUT2D eigenvalue weighted by molar-refractivity contribution is 0.0954. The summed E-state index contributed by atoms with van der Waals surface area (Å²) in [4.78, 5) is 7.54. The molecule has 5 heteroatoms. The van der Waals surface area contributed by atoms with E-state index in [4.69, 9.17) is 11.6 Å². The molecule has 1 aromatic heterocycles. The maximum absolute atomic E-state index is 9.63. The molecule has 0 spiro atoms. The summed E-state index contributed by atoms with van der Waals surface area (Å²) in [6.07, 6.45) is 2.74. The van der Waals surface area contributed by atoms with E-state index in [0.29, 0.717) is 11.7 Å². The van der Waals surface area contributed by atoms with E-state index in [0.717, 1.165) is 30.8 Å². The fourth-order valence-electron chi connectivity index (χ4n) is 1.48. The van der Waals surface area contributed by atoms with Gasteiger partial charge in [0, 0.05) is 18.5 Å². The van der Waals surface area contributed by atoms with Crippen LogP contribution in [0.1, 0.15) is 52.1 Å². The van der Waals surface area contributed by atoms with E-state index in [1.54, 1.807) is 6.92 Å². The zero-order chi connectivity index (χ0) is 13.8. The van der Waals surface area contributed by atoms with Crippen molar-refractivity contribution in [1.82, 2.24) is 15.3 Å². The first kappa shape index (κ1) is 15.5. The van der Waals surface area contributed by atoms with Crippen molar-refractivity contribution in [1.29, 1.82) is 0 Å². The Morgan fingerprint density at radius 3 is 2.72 bits per heavy atom. The predicted molar refractivity (Wildman–Crippen MR) is 74.8 cm³/mol. The molecule has 0 aliphatic heterocycles. The minimum Gasteiger partial charge on any atom is -0.392 e. The van der Waals surface area contributed by atoms with Crippen LogP contribution in [0, 0.1) is 0 Å². The molecule has 3 N–H and O–H groups in total. The lowest BCUT2D eigenvalue weighted by Crippen LogP contribution is -2.47. The number of aromatic nitrogens is 2. The first-order valence-corrected chi connectivity index (χ1v) is 6.91. The van der Waals surface area contributed by atoms with E-state index in [2.05, 4.69) is 22.2 Å². The van der Waals surface area contributed by atoms with Gasteiger partial charge < -0.3 is 15.4 Å². The summed E-state index contributed by atoms with van der Waals surface area (Å²) in [6.45, 7) is 8.42. The van der Waals surface area contributed by atoms with E-state index < -0.39 is 6.10 Å². The van der Waals surface area contributed by atoms with Crippen molar-refractivity contribution < 1.29 is 5.11 Å². The van der Waals surface area contributed by atoms with Gasteiger partial charge in [-0.05, 0) is 27.2 Å². The molecule has 0 aromatic carbocycles. The molecular weight excluding hydrogens is 250 g/mol. The zero-order valence-corrected chi connectivity index (χ0v) is 12.4. The molecule has 0 bridgehead atoms. The summed E-state index contributed by atoms with van der Waals surface area (Å²) < 4.78 is 0. The van der Waals surface area contributed by atoms with Crippen LogP contribution in [0.3, 0.4) is 0 Å². The number of H-pyrrole nitrogens is 1. The van der Waals surface area contributed by atoms with Crippen molar-refractivity contribution in [3.63, 3.8) is 0 Å². The van der Waals surface area contributed by atoms with Crippen LogP contribution in [0.15, 0.2) is 0 Å². The Hall–Kier alpha value is -0.580. The summed E-state index contributed by atoms with van der Waals surface area (Å²) in [5.74, 6) is 0.938. The molecular formula is C13H24ClN3O. The number of rotatable bonds is 7. The molecule has 0 aliphatic carbocycles. The number of nitrogens with one attached hydrogen (secondary N) is 2. The second-order valence-electron chi connectivity index (χ2n) is 5.31. The van der Waals surface area contributed by atoms with Crippen molar-refractivity contribution in [2.24, 2.45) is 0 Å². The number of aliphatic hydroxyl groups excluding tert-OH is 1. The van der Waals surface area contributed by atoms with E-state index >= 15 is 0 Å². The lowest BCUT2D eigenvalue weighted by atomic mass is 9.99. The zero-order valence-electron chi connectivity index (χ0n) is 11.7. The fraction of sp³-hybridized carbons (Fsp3) is 0.769. The third-order valence-electron chi connectivity index (χ3n) is 3.31. The maximum atomic E-state index is 9.63. The first-order valence-electron chi connectivity index (χ1n) is 6.53. The van der Waals surface area contributed by atoms with Gasteiger partial charge in [-0.2, -0.15) is 0 Å². The van der Waals surface area contributed by atoms with Crippen LogP contribution in [-0.4, -0.2) is 26.7 Å². The number of aromatic amines is 1. The molecule has 4 nitrogen and oxygen atoms in total. The average Bonchev–Trinajstić information content (AvgIpc) is 2.64. The Bertz CT molecular complexity index is 374. The van der Waals surface area contributed by atoms with Crippen molar-refractivity contribution in [2.45, 2.75) is 65.1 Å². The number of unbranched alkanes of at least 4 members (excludes halogenated alkanes) is 1. The standard InChI is InChI=1S/C13H24ClN3O/c1-5-6-7-11-16-10(12(14)17-11)8-15-13(3,4)9(2)18/h9,15,18H,5-8H2,1-4H3,(H,16,17). The van der Waals surface area contributed by atoms with Crippen molar-refractivity contribution in [3.8, 4) is 0 Å². The van der Waals surface area contributed by atoms with Crippen LogP contribution in [0.2, 0.25) is 5.15 Å². The van der Waals surface area contributed by atoms with Gasteiger partial charge in [0.15, 0.2) is 5.15 Å². The summed E-state index contributed by atoms with van der Waals surface area (Å²) >= 11 is 6.09. The molecule has 1 atom stereocenters. The monoisotopic (exact) mass is 273 g/mol. The predicted octanol–water partition coefficient (Wildman–Crippen LogP) is 2.65. The number of aryl methyl sites for hydroxylation is 1. The number of imidazole rings is 1. The molecule has 1 heterocycles. The van der Waals surface area contributed by atoms with E-state index in [1.807, 2.05) is 13.8 Å². The largest absolute Gasteiger partial charge is 0.392 e. The molecule has 18 heavy (non-hydrogen) atoms. The minimum atomic E-state index is -0.432. The second-order valence-corrected chi connectivity index (χ2v) is 5.67. The van der Waals surface area contributed by atoms with Gasteiger partial charge in [0.2, 0.25) is 0 Å². The van der Waals surface area contributed by atoms with Gasteiger partial charge in [-0.25, -0.2) is 4.98 Å². The average molecular weight is 274 g/mol. The third-order valence-corrected chi connectivity index (χ3v) is 3.62. The lowest BCUT2D eigenvalue weighted by Gasteiger charge is -2.29. The topological polar surface area (TPSA) is 60.9 Å². The van der Waals surface area contributed by atoms with Crippen molar-refractivity contribution >= 4 is 11.6 Å². The molecule has 0 saturated heterocycles. The Labute approximate surface area is 114 Å². The fourth-order valence-corrected chi connectivity index (χ4v) is 1.70. The molecule has 1 unspecified atom stereocenters. The van der Waals surface area contributed by atoms with Gasteiger partial charge in [-0.1, -0.05) is 24.9 Å². The van der Waals surface area contributed by atoms with Crippen LogP contribution >= 0.6 is 11.6 Å². The number of hydrogen-bond acceptors (Lipinski definition) is 3. The van der Waals surface area contributed by atoms with Crippen LogP contribution in [0.4, 0.5) is 0 Å². The summed E-state index contributed by atoms with van der Waals surface area (Å²) in [6, 6.07) is 0. The molecule has 0 saturated carbocycles. The SMILES string of the molecule is CCCCc1nc(Cl)c(CNC(C)(C)C(C)O)[nH]1. The van der Waals surface area contributed by atoms with E-state index in [9.17, 15) is 5.11 Å². The number of halogens is 1. The van der Waals surface area contributed by atoms with Crippen molar-refractivity contribution in [3.05, 3.63) is 16.7 Å². The van der Waals surface area contributed by atoms with Gasteiger partial charge in [0.25, 0.3) is 0 Å². The molecule has 0 radical (unpaired) electrons. The number of nitrogens with zero attached hydrogens (tertiary/aromatic N) is 1. The van der Waals surface area contributed by atoms with Gasteiger partial charge in [0.1, 0.15) is 5.82 Å². The van der Waals surface area contributed by atoms with Gasteiger partial charge >= 0.3 is 0 Å². The second kappa shape index (κ2) is 6.55. The Morgan fingerprint density at radius 1 is 1.50 bits per heavy atom. The molecule has 0 fully saturated rings. The maximum Gasteiger partial charge on any atom is 0.151 e. The normalized spacial score (nSPS) is 13.9. The number of hydrogen-bond donors (Lipinski definition) is 3. The summed E-state index contributed by atoms with van der Waals surface area (Å²) in [7, 11) is 0. The number of aliphatic hydroxyl groups is 1. The Morgan fingerprint density at radius 2 is 2.17 bits per heavy atom. The highest BCUT2D eigenvalue weighted by Gasteiger charge is 2.23. The quantitative estimate of drug-likeness (QED) is 0.716. The Kier molecular flexibility index (Phi) is 5.63. The van der Waals surface area contributed by atoms with Gasteiger partial charge in [-0.15, -0.1) is 0 Å². The van der Waals surface area contributed by atoms with E-state index in [1.165, 1.54) is 0 Å². The highest BCUT2D eigenvalue weighted by atomic mass is 35.5. The van der Waals surface area contributed by atoms with E-state index in [-0.39, 0.29) is 5.54 Å². The highest BCUT2D eigenvalue weighted by Crippen LogP contribution is 2.16. The molecule has 1 rings (SSSR count). The molecule has 0 aliphatic rings. The van der Waals surface area contributed by atoms with Gasteiger partial charge in [0.05, 0.1) is 11.8 Å². The first-order chi connectivity index (χ1) is 8.36. The minimum absolute atomic E-state index is 0.349. The third kappa shape index (κ3) is 4.26. The van der Waals surface area contributed by atoms with Crippen LogP contribution in [0.25, 0.3) is 0 Å². The Balaban J connectivity index is 2.59. The molecule has 0 amide bonds. The molecule has 1 aromatic rings. The van der Waals surface area contributed by atoms with Crippen LogP contribution in [-0.2, 0) is 13.0 Å². The van der Waals surface area contributed by atoms with Gasteiger partial charge in [-0.3, -0.25) is 0 Å². The smallest absolute Gasteiger partial charge is 0.151 e. The summed E-state index contributed by atoms with van der Waals surface area (Å²) in [5, 5.41) is 13.4.